The average Bonchev–Trinajstić information content (AvgIpc) is 2.81. The molecule has 7 heteroatoms. The lowest BCUT2D eigenvalue weighted by atomic mass is 9.80. The van der Waals surface area contributed by atoms with Crippen LogP contribution in [-0.2, 0) is 14.3 Å². The molecule has 1 amide bonds. The molecule has 1 N–H and O–H groups in total. The molecule has 0 aromatic heterocycles. The van der Waals surface area contributed by atoms with Gasteiger partial charge in [-0.15, -0.1) is 0 Å². The lowest BCUT2D eigenvalue weighted by Gasteiger charge is -2.36. The van der Waals surface area contributed by atoms with Gasteiger partial charge >= 0.3 is 0 Å². The zero-order valence-corrected chi connectivity index (χ0v) is 18.4. The Morgan fingerprint density at radius 3 is 2.59 bits per heavy atom. The number of fused-ring (bicyclic) bond motifs is 1. The Labute approximate surface area is 187 Å². The van der Waals surface area contributed by atoms with E-state index >= 15 is 0 Å². The minimum atomic E-state index is -0.269. The zero-order chi connectivity index (χ0) is 22.7. The third kappa shape index (κ3) is 4.62. The van der Waals surface area contributed by atoms with Crippen LogP contribution in [0.2, 0.25) is 0 Å². The molecule has 1 aliphatic carbocycles. The molecule has 2 aromatic rings. The van der Waals surface area contributed by atoms with Crippen molar-refractivity contribution in [1.29, 1.82) is 0 Å². The molecule has 3 atom stereocenters. The van der Waals surface area contributed by atoms with E-state index in [-0.39, 0.29) is 35.6 Å². The Morgan fingerprint density at radius 1 is 1.09 bits per heavy atom. The number of anilines is 1. The number of methoxy groups -OCH3 is 2. The molecule has 1 aliphatic heterocycles. The number of hydrogen-bond acceptors (Lipinski definition) is 6. The predicted octanol–water partition coefficient (Wildman–Crippen LogP) is 4.26. The summed E-state index contributed by atoms with van der Waals surface area (Å²) in [5.41, 5.74) is 2.07. The molecular weight excluding hydrogens is 410 g/mol. The second-order valence-electron chi connectivity index (χ2n) is 8.08. The summed E-state index contributed by atoms with van der Waals surface area (Å²) in [4.78, 5) is 25.5. The summed E-state index contributed by atoms with van der Waals surface area (Å²) in [5, 5.41) is 2.87. The van der Waals surface area contributed by atoms with E-state index in [0.717, 1.165) is 12.0 Å². The number of allylic oxidation sites excluding steroid dienone is 1. The Bertz CT molecular complexity index is 1030. The van der Waals surface area contributed by atoms with Gasteiger partial charge in [-0.05, 0) is 61.7 Å². The number of benzene rings is 2. The Kier molecular flexibility index (Phi) is 6.46. The van der Waals surface area contributed by atoms with Crippen molar-refractivity contribution in [3.8, 4) is 11.5 Å². The molecule has 32 heavy (non-hydrogen) atoms. The molecule has 0 spiro atoms. The van der Waals surface area contributed by atoms with Crippen molar-refractivity contribution < 1.29 is 28.5 Å². The van der Waals surface area contributed by atoms with Gasteiger partial charge in [0.15, 0.2) is 0 Å². The molecule has 4 rings (SSSR count). The Balaban J connectivity index is 1.41. The first-order valence-corrected chi connectivity index (χ1v) is 10.6. The normalized spacial score (nSPS) is 22.3. The number of aryl methyl sites for hydroxylation is 1. The fourth-order valence-electron chi connectivity index (χ4n) is 4.14. The van der Waals surface area contributed by atoms with Crippen LogP contribution in [0.3, 0.4) is 0 Å². The smallest absolute Gasteiger partial charge is 0.255 e. The second-order valence-corrected chi connectivity index (χ2v) is 8.08. The highest BCUT2D eigenvalue weighted by molar-refractivity contribution is 6.05. The highest BCUT2D eigenvalue weighted by Gasteiger charge is 2.41. The number of nitrogens with one attached hydrogen (secondary N) is 1. The monoisotopic (exact) mass is 437 g/mol. The van der Waals surface area contributed by atoms with Gasteiger partial charge in [0.2, 0.25) is 11.5 Å². The van der Waals surface area contributed by atoms with E-state index in [0.29, 0.717) is 35.6 Å². The Hall–Kier alpha value is -3.32. The van der Waals surface area contributed by atoms with Crippen molar-refractivity contribution in [3.63, 3.8) is 0 Å². The first-order chi connectivity index (χ1) is 15.5. The first kappa shape index (κ1) is 21.9. The minimum absolute atomic E-state index is 0.0517. The van der Waals surface area contributed by atoms with Crippen molar-refractivity contribution in [1.82, 2.24) is 0 Å². The lowest BCUT2D eigenvalue weighted by molar-refractivity contribution is -0.133. The summed E-state index contributed by atoms with van der Waals surface area (Å²) < 4.78 is 22.3. The summed E-state index contributed by atoms with van der Waals surface area (Å²) >= 11 is 0. The van der Waals surface area contributed by atoms with E-state index in [1.165, 1.54) is 6.26 Å². The molecule has 0 radical (unpaired) electrons. The number of Topliss-reactive ketones (excluding diaryl/α,β-unsaturated/α-hetero) is 1. The molecule has 2 aliphatic rings. The number of carbonyl (C=O) groups is 2. The minimum Gasteiger partial charge on any atom is -0.495 e. The van der Waals surface area contributed by atoms with Crippen LogP contribution < -0.4 is 14.8 Å². The number of rotatable bonds is 6. The summed E-state index contributed by atoms with van der Waals surface area (Å²) in [5.74, 6) is 0.699. The maximum atomic E-state index is 12.8. The highest BCUT2D eigenvalue weighted by atomic mass is 16.5. The van der Waals surface area contributed by atoms with Crippen LogP contribution in [0.4, 0.5) is 5.69 Å². The lowest BCUT2D eigenvalue weighted by Crippen LogP contribution is -2.42. The largest absolute Gasteiger partial charge is 0.495 e. The molecule has 2 aromatic carbocycles. The van der Waals surface area contributed by atoms with Crippen molar-refractivity contribution in [2.75, 3.05) is 19.5 Å². The van der Waals surface area contributed by atoms with E-state index < -0.39 is 0 Å². The fraction of sp³-hybridized carbons (Fsp3) is 0.360. The maximum Gasteiger partial charge on any atom is 0.255 e. The summed E-state index contributed by atoms with van der Waals surface area (Å²) in [6, 6.07) is 12.2. The molecule has 1 saturated carbocycles. The standard InChI is InChI=1S/C25H27NO6/c1-15-4-11-21(30-3)20(12-15)26-25(28)16-5-7-17(8-6-16)32-23-14-31-22-13-18(29-2)9-10-19(22)24(23)27/h4-8,11-12,14,18-19,22H,9-10,13H2,1-3H3,(H,26,28). The SMILES string of the molecule is COc1ccc(C)cc1NC(=O)c1ccc(OC2=COC3CC(OC)CCC3C2=O)cc1. The van der Waals surface area contributed by atoms with Gasteiger partial charge < -0.3 is 24.3 Å². The quantitative estimate of drug-likeness (QED) is 0.727. The van der Waals surface area contributed by atoms with Gasteiger partial charge in [-0.1, -0.05) is 6.07 Å². The number of ketones is 1. The van der Waals surface area contributed by atoms with Crippen LogP contribution in [0.1, 0.15) is 35.2 Å². The average molecular weight is 437 g/mol. The van der Waals surface area contributed by atoms with Crippen LogP contribution in [-0.4, -0.2) is 38.1 Å². The number of amides is 1. The van der Waals surface area contributed by atoms with Gasteiger partial charge in [0.1, 0.15) is 23.9 Å². The molecule has 7 nitrogen and oxygen atoms in total. The van der Waals surface area contributed by atoms with Gasteiger partial charge in [0, 0.05) is 19.1 Å². The molecule has 3 unspecified atom stereocenters. The third-order valence-corrected chi connectivity index (χ3v) is 5.95. The first-order valence-electron chi connectivity index (χ1n) is 10.6. The fourth-order valence-corrected chi connectivity index (χ4v) is 4.14. The highest BCUT2D eigenvalue weighted by Crippen LogP contribution is 2.35. The van der Waals surface area contributed by atoms with E-state index in [1.54, 1.807) is 38.5 Å². The van der Waals surface area contributed by atoms with Crippen molar-refractivity contribution in [3.05, 3.63) is 65.6 Å². The van der Waals surface area contributed by atoms with E-state index in [9.17, 15) is 9.59 Å². The van der Waals surface area contributed by atoms with Gasteiger partial charge in [-0.25, -0.2) is 0 Å². The van der Waals surface area contributed by atoms with Gasteiger partial charge in [-0.3, -0.25) is 9.59 Å². The molecular formula is C25H27NO6. The maximum absolute atomic E-state index is 12.8. The number of carbonyl (C=O) groups excluding carboxylic acids is 2. The van der Waals surface area contributed by atoms with E-state index in [2.05, 4.69) is 5.32 Å². The van der Waals surface area contributed by atoms with E-state index in [1.807, 2.05) is 25.1 Å². The van der Waals surface area contributed by atoms with Crippen molar-refractivity contribution >= 4 is 17.4 Å². The molecule has 1 fully saturated rings. The molecule has 0 saturated heterocycles. The third-order valence-electron chi connectivity index (χ3n) is 5.95. The van der Waals surface area contributed by atoms with Crippen LogP contribution >= 0.6 is 0 Å². The summed E-state index contributed by atoms with van der Waals surface area (Å²) in [7, 11) is 3.24. The zero-order valence-electron chi connectivity index (χ0n) is 18.4. The van der Waals surface area contributed by atoms with Gasteiger partial charge in [-0.2, -0.15) is 0 Å². The predicted molar refractivity (Wildman–Crippen MR) is 119 cm³/mol. The molecule has 0 bridgehead atoms. The summed E-state index contributed by atoms with van der Waals surface area (Å²) in [6.45, 7) is 1.94. The van der Waals surface area contributed by atoms with E-state index in [4.69, 9.17) is 18.9 Å². The van der Waals surface area contributed by atoms with Gasteiger partial charge in [0.05, 0.1) is 24.8 Å². The molecule has 1 heterocycles. The second kappa shape index (κ2) is 9.44. The van der Waals surface area contributed by atoms with Crippen LogP contribution in [0.25, 0.3) is 0 Å². The van der Waals surface area contributed by atoms with Crippen LogP contribution in [0.15, 0.2) is 54.5 Å². The van der Waals surface area contributed by atoms with Gasteiger partial charge in [0.25, 0.3) is 5.91 Å². The van der Waals surface area contributed by atoms with Crippen molar-refractivity contribution in [2.24, 2.45) is 5.92 Å². The number of ether oxygens (including phenoxy) is 4. The number of hydrogen-bond donors (Lipinski definition) is 1. The topological polar surface area (TPSA) is 83.1 Å². The summed E-state index contributed by atoms with van der Waals surface area (Å²) in [6.07, 6.45) is 3.59. The molecule has 168 valence electrons. The Morgan fingerprint density at radius 2 is 1.88 bits per heavy atom. The van der Waals surface area contributed by atoms with Crippen LogP contribution in [0.5, 0.6) is 11.5 Å². The van der Waals surface area contributed by atoms with Crippen molar-refractivity contribution in [2.45, 2.75) is 38.4 Å². The van der Waals surface area contributed by atoms with Crippen LogP contribution in [0, 0.1) is 12.8 Å².